The van der Waals surface area contributed by atoms with E-state index in [1.807, 2.05) is 0 Å². The fraction of sp³-hybridized carbons (Fsp3) is 0.786. The molecule has 24 heavy (non-hydrogen) atoms. The van der Waals surface area contributed by atoms with Gasteiger partial charge < -0.3 is 28.8 Å². The van der Waals surface area contributed by atoms with E-state index in [9.17, 15) is 19.5 Å². The van der Waals surface area contributed by atoms with E-state index in [1.54, 1.807) is 0 Å². The number of hydrogen-bond donors (Lipinski definition) is 1. The van der Waals surface area contributed by atoms with Crippen LogP contribution in [0.3, 0.4) is 0 Å². The van der Waals surface area contributed by atoms with Gasteiger partial charge in [0.15, 0.2) is 18.5 Å². The standard InChI is InChI=1S/C14H21BO9/c1-7(16)21-6-10-12(22-8(2)17)13(23-9(3)18)11(19)14(24-10)20-5-4-15/h10-14,19H,4-6H2,1-3H3. The molecule has 134 valence electrons. The zero-order valence-corrected chi connectivity index (χ0v) is 13.8. The highest BCUT2D eigenvalue weighted by atomic mass is 16.7. The average molecular weight is 344 g/mol. The third kappa shape index (κ3) is 6.10. The number of hydrogen-bond acceptors (Lipinski definition) is 9. The van der Waals surface area contributed by atoms with Crippen molar-refractivity contribution in [1.29, 1.82) is 0 Å². The zero-order chi connectivity index (χ0) is 18.3. The summed E-state index contributed by atoms with van der Waals surface area (Å²) in [6.45, 7) is 3.29. The Balaban J connectivity index is 3.01. The van der Waals surface area contributed by atoms with Crippen molar-refractivity contribution in [2.45, 2.75) is 57.8 Å². The Kier molecular flexibility index (Phi) is 8.16. The number of aliphatic hydroxyl groups is 1. The van der Waals surface area contributed by atoms with Crippen LogP contribution in [0.5, 0.6) is 0 Å². The molecule has 1 N–H and O–H groups in total. The number of aliphatic hydroxyl groups excluding tert-OH is 1. The first kappa shape index (κ1) is 20.4. The summed E-state index contributed by atoms with van der Waals surface area (Å²) in [4.78, 5) is 33.7. The second-order valence-electron chi connectivity index (χ2n) is 5.14. The maximum atomic E-state index is 11.3. The first-order valence-corrected chi connectivity index (χ1v) is 7.39. The van der Waals surface area contributed by atoms with Crippen molar-refractivity contribution in [2.75, 3.05) is 13.2 Å². The van der Waals surface area contributed by atoms with Crippen LogP contribution >= 0.6 is 0 Å². The second-order valence-corrected chi connectivity index (χ2v) is 5.14. The van der Waals surface area contributed by atoms with E-state index in [0.717, 1.165) is 13.8 Å². The molecule has 1 aliphatic rings. The van der Waals surface area contributed by atoms with Crippen LogP contribution in [0.4, 0.5) is 0 Å². The zero-order valence-electron chi connectivity index (χ0n) is 13.8. The monoisotopic (exact) mass is 344 g/mol. The third-order valence-corrected chi connectivity index (χ3v) is 3.07. The van der Waals surface area contributed by atoms with Crippen LogP contribution < -0.4 is 0 Å². The van der Waals surface area contributed by atoms with Gasteiger partial charge in [-0.3, -0.25) is 14.4 Å². The largest absolute Gasteiger partial charge is 0.463 e. The molecule has 1 heterocycles. The Morgan fingerprint density at radius 1 is 1.04 bits per heavy atom. The van der Waals surface area contributed by atoms with Crippen molar-refractivity contribution >= 4 is 25.8 Å². The fourth-order valence-corrected chi connectivity index (χ4v) is 2.21. The number of carbonyl (C=O) groups is 3. The molecule has 0 amide bonds. The smallest absolute Gasteiger partial charge is 0.303 e. The van der Waals surface area contributed by atoms with Gasteiger partial charge in [-0.1, -0.05) is 6.32 Å². The molecule has 1 saturated heterocycles. The van der Waals surface area contributed by atoms with E-state index in [0.29, 0.717) is 0 Å². The summed E-state index contributed by atoms with van der Waals surface area (Å²) in [5, 5.41) is 10.3. The summed E-state index contributed by atoms with van der Waals surface area (Å²) in [6, 6.07) is 0. The van der Waals surface area contributed by atoms with Crippen molar-refractivity contribution in [3.8, 4) is 0 Å². The van der Waals surface area contributed by atoms with Gasteiger partial charge in [0.1, 0.15) is 18.8 Å². The van der Waals surface area contributed by atoms with Gasteiger partial charge in [-0.2, -0.15) is 0 Å². The van der Waals surface area contributed by atoms with Gasteiger partial charge in [0, 0.05) is 27.4 Å². The lowest BCUT2D eigenvalue weighted by Crippen LogP contribution is -2.61. The van der Waals surface area contributed by atoms with Crippen LogP contribution in [0.25, 0.3) is 0 Å². The predicted octanol–water partition coefficient (Wildman–Crippen LogP) is -0.898. The van der Waals surface area contributed by atoms with Gasteiger partial charge >= 0.3 is 17.9 Å². The molecule has 0 aromatic carbocycles. The molecule has 1 rings (SSSR count). The molecule has 1 aliphatic heterocycles. The van der Waals surface area contributed by atoms with Crippen molar-refractivity contribution in [3.05, 3.63) is 0 Å². The minimum atomic E-state index is -1.42. The van der Waals surface area contributed by atoms with E-state index in [2.05, 4.69) is 0 Å². The Labute approximate surface area is 140 Å². The summed E-state index contributed by atoms with van der Waals surface area (Å²) >= 11 is 0. The maximum absolute atomic E-state index is 11.3. The number of esters is 3. The van der Waals surface area contributed by atoms with E-state index in [4.69, 9.17) is 31.5 Å². The molecule has 9 nitrogen and oxygen atoms in total. The molecule has 5 atom stereocenters. The first-order chi connectivity index (χ1) is 11.3. The van der Waals surface area contributed by atoms with Crippen LogP contribution in [-0.2, 0) is 38.1 Å². The first-order valence-electron chi connectivity index (χ1n) is 7.39. The van der Waals surface area contributed by atoms with Gasteiger partial charge in [-0.05, 0) is 0 Å². The third-order valence-electron chi connectivity index (χ3n) is 3.07. The highest BCUT2D eigenvalue weighted by molar-refractivity contribution is 6.08. The predicted molar refractivity (Wildman–Crippen MR) is 78.9 cm³/mol. The van der Waals surface area contributed by atoms with E-state index in [-0.39, 0.29) is 19.5 Å². The lowest BCUT2D eigenvalue weighted by Gasteiger charge is -2.42. The van der Waals surface area contributed by atoms with Crippen LogP contribution in [0.2, 0.25) is 6.32 Å². The van der Waals surface area contributed by atoms with Gasteiger partial charge in [0.25, 0.3) is 0 Å². The van der Waals surface area contributed by atoms with E-state index >= 15 is 0 Å². The molecule has 0 bridgehead atoms. The van der Waals surface area contributed by atoms with Crippen LogP contribution in [0.15, 0.2) is 0 Å². The van der Waals surface area contributed by atoms with E-state index in [1.165, 1.54) is 6.92 Å². The van der Waals surface area contributed by atoms with Crippen molar-refractivity contribution in [1.82, 2.24) is 0 Å². The Bertz CT molecular complexity index is 456. The minimum Gasteiger partial charge on any atom is -0.463 e. The molecule has 10 heteroatoms. The molecule has 0 aromatic rings. The molecule has 0 aromatic heterocycles. The molecule has 0 aliphatic carbocycles. The lowest BCUT2D eigenvalue weighted by atomic mass is 9.98. The Hall–Kier alpha value is -1.65. The lowest BCUT2D eigenvalue weighted by molar-refractivity contribution is -0.304. The highest BCUT2D eigenvalue weighted by Gasteiger charge is 2.50. The van der Waals surface area contributed by atoms with Crippen LogP contribution in [-0.4, -0.2) is 74.8 Å². The molecule has 0 saturated carbocycles. The van der Waals surface area contributed by atoms with Crippen molar-refractivity contribution < 1.29 is 43.2 Å². The second kappa shape index (κ2) is 9.60. The molecule has 5 unspecified atom stereocenters. The maximum Gasteiger partial charge on any atom is 0.303 e. The van der Waals surface area contributed by atoms with Gasteiger partial charge in [-0.25, -0.2) is 0 Å². The van der Waals surface area contributed by atoms with Crippen molar-refractivity contribution in [3.63, 3.8) is 0 Å². The molecular formula is C14H21BO9. The summed E-state index contributed by atoms with van der Waals surface area (Å²) in [7, 11) is 5.35. The molecule has 0 spiro atoms. The molecule has 2 radical (unpaired) electrons. The van der Waals surface area contributed by atoms with Crippen molar-refractivity contribution in [2.24, 2.45) is 0 Å². The van der Waals surface area contributed by atoms with Crippen LogP contribution in [0, 0.1) is 0 Å². The number of ether oxygens (including phenoxy) is 5. The summed E-state index contributed by atoms with van der Waals surface area (Å²) in [5.41, 5.74) is 0. The van der Waals surface area contributed by atoms with Gasteiger partial charge in [-0.15, -0.1) is 0 Å². The minimum absolute atomic E-state index is 0.0764. The summed E-state index contributed by atoms with van der Waals surface area (Å²) in [6.07, 6.45) is -5.84. The fourth-order valence-electron chi connectivity index (χ4n) is 2.21. The van der Waals surface area contributed by atoms with E-state index < -0.39 is 48.6 Å². The highest BCUT2D eigenvalue weighted by Crippen LogP contribution is 2.27. The average Bonchev–Trinajstić information content (AvgIpc) is 2.48. The van der Waals surface area contributed by atoms with Gasteiger partial charge in [0.05, 0.1) is 7.85 Å². The van der Waals surface area contributed by atoms with Gasteiger partial charge in [0.2, 0.25) is 0 Å². The molecular weight excluding hydrogens is 323 g/mol. The normalized spacial score (nSPS) is 29.6. The summed E-state index contributed by atoms with van der Waals surface area (Å²) < 4.78 is 25.8. The Morgan fingerprint density at radius 2 is 1.62 bits per heavy atom. The number of carbonyl (C=O) groups excluding carboxylic acids is 3. The topological polar surface area (TPSA) is 118 Å². The SMILES string of the molecule is [B]CCOC1OC(COC(C)=O)C(OC(C)=O)C(OC(C)=O)C1O. The summed E-state index contributed by atoms with van der Waals surface area (Å²) in [5.74, 6) is -1.95. The molecule has 1 fully saturated rings. The number of rotatable bonds is 7. The quantitative estimate of drug-likeness (QED) is 0.356. The van der Waals surface area contributed by atoms with Crippen LogP contribution in [0.1, 0.15) is 20.8 Å². The Morgan fingerprint density at radius 3 is 2.12 bits per heavy atom.